The summed E-state index contributed by atoms with van der Waals surface area (Å²) in [6, 6.07) is 6.24. The van der Waals surface area contributed by atoms with Gasteiger partial charge >= 0.3 is 5.97 Å². The Hall–Kier alpha value is -1.75. The molecule has 5 heteroatoms. The lowest BCUT2D eigenvalue weighted by molar-refractivity contribution is 0.0519. The van der Waals surface area contributed by atoms with Gasteiger partial charge in [0.25, 0.3) is 0 Å². The highest BCUT2D eigenvalue weighted by atomic mass is 32.1. The van der Waals surface area contributed by atoms with Crippen LogP contribution < -0.4 is 0 Å². The molecule has 1 aromatic carbocycles. The first-order valence-electron chi connectivity index (χ1n) is 5.98. The summed E-state index contributed by atoms with van der Waals surface area (Å²) in [5, 5.41) is 0. The number of carbonyl (C=O) groups excluding carboxylic acids is 1. The zero-order valence-electron chi connectivity index (χ0n) is 10.8. The van der Waals surface area contributed by atoms with Crippen molar-refractivity contribution in [2.45, 2.75) is 20.3 Å². The molecule has 0 unspecified atom stereocenters. The summed E-state index contributed by atoms with van der Waals surface area (Å²) in [7, 11) is 0. The first-order chi connectivity index (χ1) is 9.11. The van der Waals surface area contributed by atoms with Gasteiger partial charge < -0.3 is 4.74 Å². The monoisotopic (exact) mass is 279 g/mol. The van der Waals surface area contributed by atoms with Gasteiger partial charge in [0, 0.05) is 16.9 Å². The maximum absolute atomic E-state index is 12.9. The van der Waals surface area contributed by atoms with E-state index >= 15 is 0 Å². The van der Waals surface area contributed by atoms with Crippen LogP contribution in [0.2, 0.25) is 0 Å². The molecule has 2 aromatic rings. The second-order valence-electron chi connectivity index (χ2n) is 4.09. The molecule has 0 radical (unpaired) electrons. The normalized spacial score (nSPS) is 10.5. The van der Waals surface area contributed by atoms with Crippen molar-refractivity contribution in [3.8, 4) is 0 Å². The van der Waals surface area contributed by atoms with Crippen molar-refractivity contribution in [1.82, 2.24) is 4.37 Å². The highest BCUT2D eigenvalue weighted by molar-refractivity contribution is 7.06. The molecule has 0 saturated heterocycles. The second-order valence-corrected chi connectivity index (χ2v) is 5.07. The van der Waals surface area contributed by atoms with Gasteiger partial charge in [-0.2, -0.15) is 4.37 Å². The molecule has 100 valence electrons. The van der Waals surface area contributed by atoms with Crippen LogP contribution >= 0.6 is 11.5 Å². The van der Waals surface area contributed by atoms with Crippen molar-refractivity contribution >= 4 is 17.5 Å². The standard InChI is InChI=1S/C14H14FNO2S/c1-3-18-14(17)13-12(9(2)19-16-13)8-10-4-6-11(15)7-5-10/h4-7H,3,8H2,1-2H3. The Kier molecular flexibility index (Phi) is 4.27. The van der Waals surface area contributed by atoms with Crippen molar-refractivity contribution in [3.05, 3.63) is 51.8 Å². The Bertz CT molecular complexity index is 578. The van der Waals surface area contributed by atoms with E-state index in [0.29, 0.717) is 18.7 Å². The molecule has 0 aliphatic carbocycles. The predicted octanol–water partition coefficient (Wildman–Crippen LogP) is 3.36. The summed E-state index contributed by atoms with van der Waals surface area (Å²) in [6.07, 6.45) is 0.552. The predicted molar refractivity (Wildman–Crippen MR) is 72.0 cm³/mol. The number of hydrogen-bond donors (Lipinski definition) is 0. The first-order valence-corrected chi connectivity index (χ1v) is 6.76. The molecule has 1 heterocycles. The molecule has 2 rings (SSSR count). The zero-order valence-corrected chi connectivity index (χ0v) is 11.6. The molecule has 0 spiro atoms. The average Bonchev–Trinajstić information content (AvgIpc) is 2.74. The van der Waals surface area contributed by atoms with Crippen LogP contribution in [-0.2, 0) is 11.2 Å². The molecule has 0 fully saturated rings. The SMILES string of the molecule is CCOC(=O)c1nsc(C)c1Cc1ccc(F)cc1. The fourth-order valence-electron chi connectivity index (χ4n) is 1.77. The van der Waals surface area contributed by atoms with Crippen LogP contribution in [-0.4, -0.2) is 16.9 Å². The first kappa shape index (κ1) is 13.7. The molecule has 0 aliphatic rings. The third-order valence-corrected chi connectivity index (χ3v) is 3.54. The molecule has 0 N–H and O–H groups in total. The Morgan fingerprint density at radius 1 is 1.37 bits per heavy atom. The molecule has 3 nitrogen and oxygen atoms in total. The largest absolute Gasteiger partial charge is 0.461 e. The van der Waals surface area contributed by atoms with Gasteiger partial charge in [0.1, 0.15) is 5.82 Å². The Labute approximate surface area is 115 Å². The number of aromatic nitrogens is 1. The fourth-order valence-corrected chi connectivity index (χ4v) is 2.46. The number of halogens is 1. The summed E-state index contributed by atoms with van der Waals surface area (Å²) in [5.74, 6) is -0.668. The van der Waals surface area contributed by atoms with E-state index in [1.54, 1.807) is 19.1 Å². The topological polar surface area (TPSA) is 39.2 Å². The lowest BCUT2D eigenvalue weighted by Crippen LogP contribution is -2.08. The van der Waals surface area contributed by atoms with Crippen molar-refractivity contribution in [1.29, 1.82) is 0 Å². The molecule has 19 heavy (non-hydrogen) atoms. The smallest absolute Gasteiger partial charge is 0.358 e. The van der Waals surface area contributed by atoms with Crippen LogP contribution in [0.25, 0.3) is 0 Å². The molecule has 0 atom stereocenters. The van der Waals surface area contributed by atoms with E-state index in [-0.39, 0.29) is 5.82 Å². The summed E-state index contributed by atoms with van der Waals surface area (Å²) >= 11 is 1.28. The van der Waals surface area contributed by atoms with Crippen molar-refractivity contribution in [2.75, 3.05) is 6.61 Å². The Morgan fingerprint density at radius 2 is 2.05 bits per heavy atom. The summed E-state index contributed by atoms with van der Waals surface area (Å²) in [5.41, 5.74) is 2.17. The number of hydrogen-bond acceptors (Lipinski definition) is 4. The van der Waals surface area contributed by atoms with Gasteiger partial charge in [0.05, 0.1) is 6.61 Å². The summed E-state index contributed by atoms with van der Waals surface area (Å²) in [6.45, 7) is 4.00. The minimum atomic E-state index is -0.399. The van der Waals surface area contributed by atoms with Gasteiger partial charge in [0.2, 0.25) is 0 Å². The van der Waals surface area contributed by atoms with Crippen molar-refractivity contribution in [3.63, 3.8) is 0 Å². The van der Waals surface area contributed by atoms with E-state index in [2.05, 4.69) is 4.37 Å². The van der Waals surface area contributed by atoms with Crippen LogP contribution in [0.1, 0.15) is 33.4 Å². The third-order valence-electron chi connectivity index (χ3n) is 2.75. The van der Waals surface area contributed by atoms with E-state index < -0.39 is 5.97 Å². The van der Waals surface area contributed by atoms with Gasteiger partial charge in [-0.1, -0.05) is 12.1 Å². The zero-order chi connectivity index (χ0) is 13.8. The number of rotatable bonds is 4. The van der Waals surface area contributed by atoms with Crippen molar-refractivity contribution in [2.24, 2.45) is 0 Å². The highest BCUT2D eigenvalue weighted by Crippen LogP contribution is 2.22. The van der Waals surface area contributed by atoms with E-state index in [0.717, 1.165) is 16.0 Å². The van der Waals surface area contributed by atoms with Crippen LogP contribution in [0.4, 0.5) is 4.39 Å². The quantitative estimate of drug-likeness (QED) is 0.806. The van der Waals surface area contributed by atoms with Crippen LogP contribution in [0.15, 0.2) is 24.3 Å². The maximum Gasteiger partial charge on any atom is 0.358 e. The van der Waals surface area contributed by atoms with Gasteiger partial charge in [-0.3, -0.25) is 0 Å². The third kappa shape index (κ3) is 3.17. The van der Waals surface area contributed by atoms with Crippen LogP contribution in [0, 0.1) is 12.7 Å². The van der Waals surface area contributed by atoms with Gasteiger partial charge in [-0.05, 0) is 43.1 Å². The molecule has 0 saturated carbocycles. The number of aryl methyl sites for hydroxylation is 1. The fraction of sp³-hybridized carbons (Fsp3) is 0.286. The minimum absolute atomic E-state index is 0.269. The van der Waals surface area contributed by atoms with Gasteiger partial charge in [0.15, 0.2) is 5.69 Å². The number of esters is 1. The summed E-state index contributed by atoms with van der Waals surface area (Å²) in [4.78, 5) is 12.8. The molecular weight excluding hydrogens is 265 g/mol. The lowest BCUT2D eigenvalue weighted by atomic mass is 10.0. The van der Waals surface area contributed by atoms with Crippen LogP contribution in [0.5, 0.6) is 0 Å². The van der Waals surface area contributed by atoms with E-state index in [1.807, 2.05) is 6.92 Å². The average molecular weight is 279 g/mol. The van der Waals surface area contributed by atoms with Gasteiger partial charge in [-0.15, -0.1) is 0 Å². The van der Waals surface area contributed by atoms with E-state index in [1.165, 1.54) is 23.7 Å². The molecule has 1 aromatic heterocycles. The second kappa shape index (κ2) is 5.93. The van der Waals surface area contributed by atoms with E-state index in [4.69, 9.17) is 4.74 Å². The number of nitrogens with zero attached hydrogens (tertiary/aromatic N) is 1. The maximum atomic E-state index is 12.9. The Balaban J connectivity index is 2.26. The molecule has 0 bridgehead atoms. The number of carbonyl (C=O) groups is 1. The summed E-state index contributed by atoms with van der Waals surface area (Å²) < 4.78 is 22.0. The van der Waals surface area contributed by atoms with Crippen LogP contribution in [0.3, 0.4) is 0 Å². The number of ether oxygens (including phenoxy) is 1. The lowest BCUT2D eigenvalue weighted by Gasteiger charge is -2.04. The minimum Gasteiger partial charge on any atom is -0.461 e. The molecule has 0 aliphatic heterocycles. The van der Waals surface area contributed by atoms with Gasteiger partial charge in [-0.25, -0.2) is 9.18 Å². The molecular formula is C14H14FNO2S. The Morgan fingerprint density at radius 3 is 2.68 bits per heavy atom. The molecule has 0 amide bonds. The van der Waals surface area contributed by atoms with Crippen molar-refractivity contribution < 1.29 is 13.9 Å². The highest BCUT2D eigenvalue weighted by Gasteiger charge is 2.19. The number of benzene rings is 1. The van der Waals surface area contributed by atoms with E-state index in [9.17, 15) is 9.18 Å².